The SMILES string of the molecule is Cc1nc(N2C[C@](CO)(Cc3ccccc3)C[C@H]2CO)c2c(n1)[nH]c1c(C3CC3)cccc12. The van der Waals surface area contributed by atoms with Gasteiger partial charge in [-0.05, 0) is 49.7 Å². The molecule has 2 fully saturated rings. The molecule has 170 valence electrons. The fourth-order valence-corrected chi connectivity index (χ4v) is 5.78. The van der Waals surface area contributed by atoms with Gasteiger partial charge in [-0.25, -0.2) is 9.97 Å². The van der Waals surface area contributed by atoms with Crippen molar-refractivity contribution in [1.82, 2.24) is 15.0 Å². The molecule has 0 spiro atoms. The van der Waals surface area contributed by atoms with Crippen LogP contribution in [0.15, 0.2) is 48.5 Å². The van der Waals surface area contributed by atoms with Gasteiger partial charge in [0.05, 0.1) is 30.2 Å². The van der Waals surface area contributed by atoms with Crippen LogP contribution < -0.4 is 4.90 Å². The summed E-state index contributed by atoms with van der Waals surface area (Å²) in [6.45, 7) is 2.66. The molecule has 2 aromatic carbocycles. The van der Waals surface area contributed by atoms with E-state index in [1.165, 1.54) is 24.0 Å². The predicted molar refractivity (Wildman–Crippen MR) is 131 cm³/mol. The lowest BCUT2D eigenvalue weighted by Gasteiger charge is -2.28. The van der Waals surface area contributed by atoms with Crippen molar-refractivity contribution in [3.8, 4) is 0 Å². The molecule has 1 saturated heterocycles. The van der Waals surface area contributed by atoms with Crippen LogP contribution in [0.5, 0.6) is 0 Å². The van der Waals surface area contributed by atoms with E-state index in [-0.39, 0.29) is 24.7 Å². The van der Waals surface area contributed by atoms with Gasteiger partial charge in [0.25, 0.3) is 0 Å². The summed E-state index contributed by atoms with van der Waals surface area (Å²) in [4.78, 5) is 15.4. The molecule has 3 heterocycles. The van der Waals surface area contributed by atoms with Crippen LogP contribution in [0.25, 0.3) is 21.9 Å². The maximum absolute atomic E-state index is 10.5. The Hall–Kier alpha value is -2.96. The van der Waals surface area contributed by atoms with Crippen LogP contribution in [0.4, 0.5) is 5.82 Å². The summed E-state index contributed by atoms with van der Waals surface area (Å²) in [5, 5.41) is 23.0. The number of nitrogens with one attached hydrogen (secondary N) is 1. The fraction of sp³-hybridized carbons (Fsp3) is 0.407. The molecule has 6 nitrogen and oxygen atoms in total. The summed E-state index contributed by atoms with van der Waals surface area (Å²) in [6, 6.07) is 16.7. The number of aryl methyl sites for hydroxylation is 1. The van der Waals surface area contributed by atoms with Gasteiger partial charge in [-0.15, -0.1) is 0 Å². The molecule has 33 heavy (non-hydrogen) atoms. The van der Waals surface area contributed by atoms with Crippen molar-refractivity contribution in [2.45, 2.75) is 44.6 Å². The average molecular weight is 443 g/mol. The second-order valence-corrected chi connectivity index (χ2v) is 9.98. The third kappa shape index (κ3) is 3.49. The molecule has 2 aliphatic rings. The van der Waals surface area contributed by atoms with E-state index in [2.05, 4.69) is 40.2 Å². The first-order valence-electron chi connectivity index (χ1n) is 11.9. The fourth-order valence-electron chi connectivity index (χ4n) is 5.78. The third-order valence-electron chi connectivity index (χ3n) is 7.48. The van der Waals surface area contributed by atoms with E-state index in [4.69, 9.17) is 9.97 Å². The normalized spacial score (nSPS) is 23.1. The molecule has 0 radical (unpaired) electrons. The van der Waals surface area contributed by atoms with Crippen LogP contribution >= 0.6 is 0 Å². The van der Waals surface area contributed by atoms with Gasteiger partial charge >= 0.3 is 0 Å². The van der Waals surface area contributed by atoms with E-state index in [0.29, 0.717) is 18.3 Å². The average Bonchev–Trinajstić information content (AvgIpc) is 3.51. The van der Waals surface area contributed by atoms with Crippen molar-refractivity contribution in [1.29, 1.82) is 0 Å². The van der Waals surface area contributed by atoms with Gasteiger partial charge in [-0.1, -0.05) is 48.5 Å². The highest BCUT2D eigenvalue weighted by molar-refractivity contribution is 6.12. The summed E-state index contributed by atoms with van der Waals surface area (Å²) >= 11 is 0. The largest absolute Gasteiger partial charge is 0.396 e. The first kappa shape index (κ1) is 20.6. The van der Waals surface area contributed by atoms with E-state index in [1.54, 1.807) is 0 Å². The van der Waals surface area contributed by atoms with Gasteiger partial charge in [-0.2, -0.15) is 0 Å². The van der Waals surface area contributed by atoms with Crippen molar-refractivity contribution in [3.63, 3.8) is 0 Å². The first-order chi connectivity index (χ1) is 16.1. The lowest BCUT2D eigenvalue weighted by Crippen LogP contribution is -2.35. The molecule has 0 amide bonds. The van der Waals surface area contributed by atoms with E-state index in [9.17, 15) is 10.2 Å². The van der Waals surface area contributed by atoms with Crippen molar-refractivity contribution in [3.05, 3.63) is 65.5 Å². The minimum Gasteiger partial charge on any atom is -0.396 e. The van der Waals surface area contributed by atoms with Crippen LogP contribution in [0.1, 0.15) is 42.1 Å². The highest BCUT2D eigenvalue weighted by atomic mass is 16.3. The highest BCUT2D eigenvalue weighted by Crippen LogP contribution is 2.46. The van der Waals surface area contributed by atoms with Crippen molar-refractivity contribution < 1.29 is 10.2 Å². The minimum absolute atomic E-state index is 0.0246. The lowest BCUT2D eigenvalue weighted by atomic mass is 9.80. The molecule has 0 bridgehead atoms. The zero-order valence-electron chi connectivity index (χ0n) is 19.0. The van der Waals surface area contributed by atoms with E-state index >= 15 is 0 Å². The van der Waals surface area contributed by atoms with Gasteiger partial charge in [-0.3, -0.25) is 0 Å². The number of anilines is 1. The number of para-hydroxylation sites is 1. The number of aromatic nitrogens is 3. The Bertz CT molecular complexity index is 1310. The topological polar surface area (TPSA) is 85.3 Å². The van der Waals surface area contributed by atoms with Crippen molar-refractivity contribution >= 4 is 27.8 Å². The minimum atomic E-state index is -0.328. The number of H-pyrrole nitrogens is 1. The summed E-state index contributed by atoms with van der Waals surface area (Å²) < 4.78 is 0. The van der Waals surface area contributed by atoms with Gasteiger partial charge in [0.2, 0.25) is 0 Å². The monoisotopic (exact) mass is 442 g/mol. The second kappa shape index (κ2) is 7.82. The number of hydrogen-bond acceptors (Lipinski definition) is 5. The van der Waals surface area contributed by atoms with Crippen LogP contribution in [0.2, 0.25) is 0 Å². The number of aromatic amines is 1. The summed E-state index contributed by atoms with van der Waals surface area (Å²) in [7, 11) is 0. The Kier molecular flexibility index (Phi) is 4.89. The number of aliphatic hydroxyl groups excluding tert-OH is 2. The molecular formula is C27H30N4O2. The molecular weight excluding hydrogens is 412 g/mol. The zero-order chi connectivity index (χ0) is 22.6. The maximum atomic E-state index is 10.5. The number of nitrogens with zero attached hydrogens (tertiary/aromatic N) is 3. The maximum Gasteiger partial charge on any atom is 0.144 e. The summed E-state index contributed by atoms with van der Waals surface area (Å²) in [6.07, 6.45) is 3.96. The molecule has 1 saturated carbocycles. The Morgan fingerprint density at radius 3 is 2.61 bits per heavy atom. The van der Waals surface area contributed by atoms with Crippen LogP contribution in [-0.4, -0.2) is 51.0 Å². The smallest absolute Gasteiger partial charge is 0.144 e. The molecule has 1 aliphatic heterocycles. The second-order valence-electron chi connectivity index (χ2n) is 9.98. The molecule has 2 atom stereocenters. The molecule has 0 unspecified atom stereocenters. The van der Waals surface area contributed by atoms with Crippen LogP contribution in [-0.2, 0) is 6.42 Å². The third-order valence-corrected chi connectivity index (χ3v) is 7.48. The van der Waals surface area contributed by atoms with Gasteiger partial charge in [0.1, 0.15) is 17.3 Å². The Balaban J connectivity index is 1.47. The molecule has 6 heteroatoms. The quantitative estimate of drug-likeness (QED) is 0.419. The Labute approximate surface area is 193 Å². The molecule has 6 rings (SSSR count). The number of benzene rings is 2. The van der Waals surface area contributed by atoms with Gasteiger partial charge in [0.15, 0.2) is 0 Å². The van der Waals surface area contributed by atoms with Crippen molar-refractivity contribution in [2.75, 3.05) is 24.7 Å². The number of hydrogen-bond donors (Lipinski definition) is 3. The van der Waals surface area contributed by atoms with Crippen LogP contribution in [0, 0.1) is 12.3 Å². The predicted octanol–water partition coefficient (Wildman–Crippen LogP) is 4.09. The van der Waals surface area contributed by atoms with E-state index in [1.807, 2.05) is 25.1 Å². The molecule has 2 aromatic heterocycles. The van der Waals surface area contributed by atoms with E-state index in [0.717, 1.165) is 40.6 Å². The molecule has 4 aromatic rings. The summed E-state index contributed by atoms with van der Waals surface area (Å²) in [5.74, 6) is 2.20. The molecule has 3 N–H and O–H groups in total. The standard InChI is InChI=1S/C27H30N4O2/c1-17-28-25-23(22-9-5-8-21(19-10-11-19)24(22)30-25)26(29-17)31-15-27(16-33,13-20(31)14-32)12-18-6-3-2-4-7-18/h2-9,19-20,32-33H,10-16H2,1H3,(H,28,29,30)/t20-,27-/m0/s1. The first-order valence-corrected chi connectivity index (χ1v) is 11.9. The highest BCUT2D eigenvalue weighted by Gasteiger charge is 2.45. The number of aliphatic hydroxyl groups is 2. The Morgan fingerprint density at radius 2 is 1.88 bits per heavy atom. The summed E-state index contributed by atoms with van der Waals surface area (Å²) in [5.41, 5.74) is 4.25. The Morgan fingerprint density at radius 1 is 1.06 bits per heavy atom. The zero-order valence-corrected chi connectivity index (χ0v) is 19.0. The van der Waals surface area contributed by atoms with Gasteiger partial charge < -0.3 is 20.1 Å². The lowest BCUT2D eigenvalue weighted by molar-refractivity contribution is 0.136. The van der Waals surface area contributed by atoms with Crippen molar-refractivity contribution in [2.24, 2.45) is 5.41 Å². The molecule has 1 aliphatic carbocycles. The number of rotatable bonds is 6. The van der Waals surface area contributed by atoms with Gasteiger partial charge in [0, 0.05) is 17.3 Å². The van der Waals surface area contributed by atoms with E-state index < -0.39 is 0 Å². The number of fused-ring (bicyclic) bond motifs is 3. The van der Waals surface area contributed by atoms with Crippen LogP contribution in [0.3, 0.4) is 0 Å².